The molecule has 0 N–H and O–H groups in total. The van der Waals surface area contributed by atoms with Gasteiger partial charge in [-0.05, 0) is 53.4 Å². The molecule has 2 unspecified atom stereocenters. The lowest BCUT2D eigenvalue weighted by Crippen LogP contribution is -1.96. The third-order valence-corrected chi connectivity index (χ3v) is 5.42. The van der Waals surface area contributed by atoms with E-state index in [0.717, 1.165) is 29.2 Å². The van der Waals surface area contributed by atoms with Gasteiger partial charge in [-0.3, -0.25) is 0 Å². The topological polar surface area (TPSA) is 12.9 Å². The second-order valence-corrected chi connectivity index (χ2v) is 6.88. The van der Waals surface area contributed by atoms with Crippen molar-refractivity contribution in [3.05, 3.63) is 35.3 Å². The van der Waals surface area contributed by atoms with Gasteiger partial charge in [0.25, 0.3) is 0 Å². The summed E-state index contributed by atoms with van der Waals surface area (Å²) < 4.78 is 1.29. The summed E-state index contributed by atoms with van der Waals surface area (Å²) in [7, 11) is 0. The van der Waals surface area contributed by atoms with E-state index in [1.54, 1.807) is 16.9 Å². The van der Waals surface area contributed by atoms with Crippen LogP contribution in [0.15, 0.2) is 29.8 Å². The van der Waals surface area contributed by atoms with E-state index in [-0.39, 0.29) is 0 Å². The van der Waals surface area contributed by atoms with E-state index in [0.29, 0.717) is 0 Å². The van der Waals surface area contributed by atoms with Gasteiger partial charge in [0.2, 0.25) is 0 Å². The average Bonchev–Trinajstić information content (AvgIpc) is 2.78. The highest BCUT2D eigenvalue weighted by Crippen LogP contribution is 2.60. The molecule has 4 rings (SSSR count). The van der Waals surface area contributed by atoms with Crippen LogP contribution in [0.2, 0.25) is 0 Å². The Hall–Kier alpha value is -1.15. The lowest BCUT2D eigenvalue weighted by Gasteiger charge is -2.09. The zero-order valence-electron chi connectivity index (χ0n) is 10.8. The molecule has 0 amide bonds. The SMILES string of the molecule is CC(C)C1C2CC(c3ccc4scnc4c3)=C[C@@H]21. The Morgan fingerprint density at radius 3 is 2.94 bits per heavy atom. The lowest BCUT2D eigenvalue weighted by atomic mass is 9.96. The number of thiazole rings is 1. The van der Waals surface area contributed by atoms with Gasteiger partial charge in [-0.15, -0.1) is 11.3 Å². The molecule has 0 saturated heterocycles. The van der Waals surface area contributed by atoms with Crippen molar-refractivity contribution in [2.24, 2.45) is 23.7 Å². The summed E-state index contributed by atoms with van der Waals surface area (Å²) in [5.74, 6) is 3.60. The summed E-state index contributed by atoms with van der Waals surface area (Å²) in [6.07, 6.45) is 3.81. The Kier molecular flexibility index (Phi) is 2.19. The van der Waals surface area contributed by atoms with E-state index < -0.39 is 0 Å². The maximum atomic E-state index is 4.42. The van der Waals surface area contributed by atoms with Gasteiger partial charge in [-0.2, -0.15) is 0 Å². The predicted molar refractivity (Wildman–Crippen MR) is 77.5 cm³/mol. The maximum Gasteiger partial charge on any atom is 0.0818 e. The van der Waals surface area contributed by atoms with Crippen LogP contribution in [0.1, 0.15) is 25.8 Å². The first kappa shape index (κ1) is 10.7. The van der Waals surface area contributed by atoms with Gasteiger partial charge < -0.3 is 0 Å². The molecule has 0 spiro atoms. The second kappa shape index (κ2) is 3.67. The molecule has 0 aliphatic heterocycles. The lowest BCUT2D eigenvalue weighted by molar-refractivity contribution is 0.509. The first-order chi connectivity index (χ1) is 8.74. The van der Waals surface area contributed by atoms with Gasteiger partial charge in [0.1, 0.15) is 0 Å². The van der Waals surface area contributed by atoms with Gasteiger partial charge in [-0.1, -0.05) is 26.0 Å². The molecular weight excluding hydrogens is 238 g/mol. The molecule has 1 saturated carbocycles. The fourth-order valence-corrected chi connectivity index (χ4v) is 4.36. The van der Waals surface area contributed by atoms with E-state index >= 15 is 0 Å². The van der Waals surface area contributed by atoms with Crippen LogP contribution in [-0.4, -0.2) is 4.98 Å². The highest BCUT2D eigenvalue weighted by atomic mass is 32.1. The predicted octanol–water partition coefficient (Wildman–Crippen LogP) is 4.60. The second-order valence-electron chi connectivity index (χ2n) is 5.99. The molecule has 2 heteroatoms. The van der Waals surface area contributed by atoms with Crippen molar-refractivity contribution in [3.63, 3.8) is 0 Å². The van der Waals surface area contributed by atoms with Crippen LogP contribution in [-0.2, 0) is 0 Å². The minimum atomic E-state index is 0.846. The Morgan fingerprint density at radius 1 is 1.33 bits per heavy atom. The summed E-state index contributed by atoms with van der Waals surface area (Å²) in [5, 5.41) is 0. The molecule has 0 radical (unpaired) electrons. The van der Waals surface area contributed by atoms with Crippen molar-refractivity contribution in [3.8, 4) is 0 Å². The van der Waals surface area contributed by atoms with Crippen LogP contribution in [0.4, 0.5) is 0 Å². The highest BCUT2D eigenvalue weighted by Gasteiger charge is 2.53. The standard InChI is InChI=1S/C16H17NS/c1-9(2)16-12-5-11(6-13(12)16)10-3-4-15-14(7-10)17-8-18-15/h3-5,7-9,12-13,16H,6H2,1-2H3/t12-,13?,16?/m0/s1. The fraction of sp³-hybridized carbons (Fsp3) is 0.438. The smallest absolute Gasteiger partial charge is 0.0818 e. The molecule has 1 aromatic carbocycles. The van der Waals surface area contributed by atoms with E-state index in [4.69, 9.17) is 0 Å². The third-order valence-electron chi connectivity index (χ3n) is 4.61. The van der Waals surface area contributed by atoms with Crippen LogP contribution in [0.5, 0.6) is 0 Å². The van der Waals surface area contributed by atoms with Crippen LogP contribution in [0.3, 0.4) is 0 Å². The number of fused-ring (bicyclic) bond motifs is 2. The maximum absolute atomic E-state index is 4.42. The van der Waals surface area contributed by atoms with Crippen molar-refractivity contribution in [1.29, 1.82) is 0 Å². The number of benzene rings is 1. The zero-order valence-corrected chi connectivity index (χ0v) is 11.6. The van der Waals surface area contributed by atoms with Crippen LogP contribution in [0, 0.1) is 23.7 Å². The molecule has 1 nitrogen and oxygen atoms in total. The molecule has 2 aliphatic carbocycles. The number of nitrogens with zero attached hydrogens (tertiary/aromatic N) is 1. The van der Waals surface area contributed by atoms with Crippen molar-refractivity contribution in [2.75, 3.05) is 0 Å². The van der Waals surface area contributed by atoms with E-state index in [1.165, 1.54) is 16.7 Å². The zero-order chi connectivity index (χ0) is 12.3. The first-order valence-electron chi connectivity index (χ1n) is 6.78. The third kappa shape index (κ3) is 1.48. The summed E-state index contributed by atoms with van der Waals surface area (Å²) >= 11 is 1.72. The number of hydrogen-bond acceptors (Lipinski definition) is 2. The van der Waals surface area contributed by atoms with Gasteiger partial charge in [0.15, 0.2) is 0 Å². The molecule has 0 bridgehead atoms. The Balaban J connectivity index is 1.65. The first-order valence-corrected chi connectivity index (χ1v) is 7.66. The van der Waals surface area contributed by atoms with Crippen LogP contribution in [0.25, 0.3) is 15.8 Å². The molecule has 18 heavy (non-hydrogen) atoms. The fourth-order valence-electron chi connectivity index (χ4n) is 3.70. The Bertz CT molecular complexity index is 637. The summed E-state index contributed by atoms with van der Waals surface area (Å²) in [6, 6.07) is 6.74. The van der Waals surface area contributed by atoms with E-state index in [1.807, 2.05) is 5.51 Å². The largest absolute Gasteiger partial charge is 0.245 e. The van der Waals surface area contributed by atoms with Gasteiger partial charge in [-0.25, -0.2) is 4.98 Å². The van der Waals surface area contributed by atoms with Crippen molar-refractivity contribution in [2.45, 2.75) is 20.3 Å². The molecule has 1 fully saturated rings. The number of allylic oxidation sites excluding steroid dienone is 2. The summed E-state index contributed by atoms with van der Waals surface area (Å²) in [4.78, 5) is 4.42. The highest BCUT2D eigenvalue weighted by molar-refractivity contribution is 7.16. The Morgan fingerprint density at radius 2 is 2.22 bits per heavy atom. The van der Waals surface area contributed by atoms with Gasteiger partial charge >= 0.3 is 0 Å². The average molecular weight is 255 g/mol. The minimum Gasteiger partial charge on any atom is -0.245 e. The van der Waals surface area contributed by atoms with Gasteiger partial charge in [0, 0.05) is 0 Å². The molecule has 92 valence electrons. The minimum absolute atomic E-state index is 0.846. The van der Waals surface area contributed by atoms with Crippen LogP contribution >= 0.6 is 11.3 Å². The van der Waals surface area contributed by atoms with E-state index in [9.17, 15) is 0 Å². The van der Waals surface area contributed by atoms with Crippen molar-refractivity contribution < 1.29 is 0 Å². The van der Waals surface area contributed by atoms with E-state index in [2.05, 4.69) is 43.1 Å². The molecule has 2 aromatic rings. The number of rotatable bonds is 2. The molecule has 1 aromatic heterocycles. The van der Waals surface area contributed by atoms with Crippen molar-refractivity contribution >= 4 is 27.1 Å². The van der Waals surface area contributed by atoms with Crippen LogP contribution < -0.4 is 0 Å². The normalized spacial score (nSPS) is 29.7. The molecule has 3 atom stereocenters. The quantitative estimate of drug-likeness (QED) is 0.764. The van der Waals surface area contributed by atoms with Gasteiger partial charge in [0.05, 0.1) is 15.7 Å². The number of aromatic nitrogens is 1. The summed E-state index contributed by atoms with van der Waals surface area (Å²) in [5.41, 5.74) is 6.03. The molecule has 2 aliphatic rings. The molecule has 1 heterocycles. The Labute approximate surface area is 112 Å². The van der Waals surface area contributed by atoms with Crippen molar-refractivity contribution in [1.82, 2.24) is 4.98 Å². The number of hydrogen-bond donors (Lipinski definition) is 0. The molecular formula is C16H17NS. The monoisotopic (exact) mass is 255 g/mol. The summed E-state index contributed by atoms with van der Waals surface area (Å²) in [6.45, 7) is 4.72.